The number of aromatic nitrogens is 4. The van der Waals surface area contributed by atoms with Crippen LogP contribution in [0.4, 0.5) is 4.39 Å². The Hall–Kier alpha value is -2.99. The topological polar surface area (TPSA) is 58.5 Å². The van der Waals surface area contributed by atoms with E-state index in [2.05, 4.69) is 48.0 Å². The van der Waals surface area contributed by atoms with Gasteiger partial charge >= 0.3 is 0 Å². The summed E-state index contributed by atoms with van der Waals surface area (Å²) < 4.78 is 16.5. The van der Waals surface area contributed by atoms with Gasteiger partial charge in [0.25, 0.3) is 0 Å². The number of nitrogens with one attached hydrogen (secondary N) is 2. The smallest absolute Gasteiger partial charge is 0.130 e. The first-order valence-corrected chi connectivity index (χ1v) is 10.7. The number of benzene rings is 1. The summed E-state index contributed by atoms with van der Waals surface area (Å²) in [5.41, 5.74) is 6.83. The predicted molar refractivity (Wildman–Crippen MR) is 129 cm³/mol. The maximum atomic E-state index is 14.7. The molecule has 0 radical (unpaired) electrons. The molecular weight excluding hydrogens is 389 g/mol. The van der Waals surface area contributed by atoms with Crippen LogP contribution in [0.3, 0.4) is 0 Å². The normalized spacial score (nSPS) is 11.3. The SMILES string of the molecule is C=Cc1[nH]nc(-c2cnn(C)c2)c1/C=C(\C)c1c(F)ccc(CNCC)c1C.CCC. The first-order valence-electron chi connectivity index (χ1n) is 10.7. The van der Waals surface area contributed by atoms with Gasteiger partial charge in [-0.1, -0.05) is 39.8 Å². The summed E-state index contributed by atoms with van der Waals surface area (Å²) >= 11 is 0. The van der Waals surface area contributed by atoms with E-state index in [0.717, 1.165) is 45.8 Å². The second-order valence-corrected chi connectivity index (χ2v) is 7.53. The van der Waals surface area contributed by atoms with Crippen LogP contribution in [-0.4, -0.2) is 26.5 Å². The number of rotatable bonds is 7. The molecule has 6 heteroatoms. The Labute approximate surface area is 185 Å². The second-order valence-electron chi connectivity index (χ2n) is 7.53. The van der Waals surface area contributed by atoms with Crippen molar-refractivity contribution >= 4 is 17.7 Å². The van der Waals surface area contributed by atoms with Crippen LogP contribution in [0.15, 0.2) is 31.1 Å². The average Bonchev–Trinajstić information content (AvgIpc) is 3.33. The van der Waals surface area contributed by atoms with Crippen molar-refractivity contribution < 1.29 is 4.39 Å². The summed E-state index contributed by atoms with van der Waals surface area (Å²) in [6, 6.07) is 3.39. The molecule has 0 fully saturated rings. The van der Waals surface area contributed by atoms with Crippen molar-refractivity contribution in [1.82, 2.24) is 25.3 Å². The van der Waals surface area contributed by atoms with Crippen LogP contribution in [0, 0.1) is 12.7 Å². The summed E-state index contributed by atoms with van der Waals surface area (Å²) in [6.07, 6.45) is 8.60. The molecule has 0 saturated heterocycles. The van der Waals surface area contributed by atoms with Gasteiger partial charge < -0.3 is 5.32 Å². The van der Waals surface area contributed by atoms with E-state index in [1.54, 1.807) is 17.0 Å². The highest BCUT2D eigenvalue weighted by atomic mass is 19.1. The lowest BCUT2D eigenvalue weighted by Crippen LogP contribution is -2.13. The van der Waals surface area contributed by atoms with Gasteiger partial charge in [0.05, 0.1) is 11.9 Å². The Morgan fingerprint density at radius 2 is 2.00 bits per heavy atom. The van der Waals surface area contributed by atoms with Gasteiger partial charge in [-0.15, -0.1) is 0 Å². The lowest BCUT2D eigenvalue weighted by Gasteiger charge is -2.14. The molecule has 0 spiro atoms. The van der Waals surface area contributed by atoms with Crippen LogP contribution in [0.2, 0.25) is 0 Å². The molecule has 5 nitrogen and oxygen atoms in total. The average molecular weight is 424 g/mol. The van der Waals surface area contributed by atoms with E-state index < -0.39 is 0 Å². The summed E-state index contributed by atoms with van der Waals surface area (Å²) in [5, 5.41) is 15.0. The molecule has 1 aromatic carbocycles. The van der Waals surface area contributed by atoms with Crippen molar-refractivity contribution in [2.24, 2.45) is 7.05 Å². The number of aryl methyl sites for hydroxylation is 1. The molecular formula is C25H34FN5. The van der Waals surface area contributed by atoms with Gasteiger partial charge in [0.1, 0.15) is 11.5 Å². The maximum Gasteiger partial charge on any atom is 0.130 e. The minimum Gasteiger partial charge on any atom is -0.313 e. The van der Waals surface area contributed by atoms with Gasteiger partial charge in [0.2, 0.25) is 0 Å². The van der Waals surface area contributed by atoms with Crippen LogP contribution < -0.4 is 5.32 Å². The quantitative estimate of drug-likeness (QED) is 0.491. The Balaban J connectivity index is 0.00000107. The van der Waals surface area contributed by atoms with Crippen LogP contribution in [0.1, 0.15) is 62.1 Å². The third kappa shape index (κ3) is 5.79. The van der Waals surface area contributed by atoms with E-state index in [0.29, 0.717) is 12.1 Å². The van der Waals surface area contributed by atoms with Gasteiger partial charge in [-0.05, 0) is 55.3 Å². The molecule has 2 heterocycles. The highest BCUT2D eigenvalue weighted by molar-refractivity contribution is 5.88. The molecule has 166 valence electrons. The van der Waals surface area contributed by atoms with Crippen molar-refractivity contribution in [2.45, 2.75) is 47.6 Å². The fourth-order valence-electron chi connectivity index (χ4n) is 3.38. The van der Waals surface area contributed by atoms with Crippen LogP contribution >= 0.6 is 0 Å². The van der Waals surface area contributed by atoms with Gasteiger partial charge in [-0.3, -0.25) is 9.78 Å². The molecule has 2 aromatic heterocycles. The Morgan fingerprint density at radius 3 is 2.58 bits per heavy atom. The van der Waals surface area contributed by atoms with Crippen LogP contribution in [0.5, 0.6) is 0 Å². The second kappa shape index (κ2) is 11.4. The van der Waals surface area contributed by atoms with E-state index in [9.17, 15) is 4.39 Å². The van der Waals surface area contributed by atoms with E-state index in [-0.39, 0.29) is 5.82 Å². The molecule has 0 unspecified atom stereocenters. The lowest BCUT2D eigenvalue weighted by atomic mass is 9.94. The standard InChI is InChI=1S/C22H26FN5.C3H8/c1-6-20-18(22(27-26-20)17-12-25-28(5)13-17)10-14(3)21-15(4)16(11-24-7-2)8-9-19(21)23;1-3-2/h6,8-10,12-13,24H,1,7,11H2,2-5H3,(H,26,27);3H2,1-2H3/b14-10+;. The summed E-state index contributed by atoms with van der Waals surface area (Å²) in [7, 11) is 1.86. The maximum absolute atomic E-state index is 14.7. The number of hydrogen-bond acceptors (Lipinski definition) is 3. The molecule has 0 aliphatic rings. The highest BCUT2D eigenvalue weighted by Gasteiger charge is 2.16. The van der Waals surface area contributed by atoms with E-state index >= 15 is 0 Å². The third-order valence-electron chi connectivity index (χ3n) is 4.86. The number of aromatic amines is 1. The molecule has 3 rings (SSSR count). The molecule has 0 aliphatic carbocycles. The van der Waals surface area contributed by atoms with Gasteiger partial charge in [0, 0.05) is 36.5 Å². The minimum atomic E-state index is -0.224. The summed E-state index contributed by atoms with van der Waals surface area (Å²) in [4.78, 5) is 0. The van der Waals surface area contributed by atoms with E-state index in [1.807, 2.05) is 39.2 Å². The van der Waals surface area contributed by atoms with Gasteiger partial charge in [-0.2, -0.15) is 10.2 Å². The number of nitrogens with zero attached hydrogens (tertiary/aromatic N) is 3. The highest BCUT2D eigenvalue weighted by Crippen LogP contribution is 2.31. The predicted octanol–water partition coefficient (Wildman–Crippen LogP) is 5.99. The zero-order valence-corrected chi connectivity index (χ0v) is 19.5. The van der Waals surface area contributed by atoms with Crippen molar-refractivity contribution in [3.63, 3.8) is 0 Å². The van der Waals surface area contributed by atoms with Gasteiger partial charge in [-0.25, -0.2) is 4.39 Å². The lowest BCUT2D eigenvalue weighted by molar-refractivity contribution is 0.620. The van der Waals surface area contributed by atoms with Crippen molar-refractivity contribution in [2.75, 3.05) is 6.54 Å². The van der Waals surface area contributed by atoms with Crippen molar-refractivity contribution in [3.05, 3.63) is 64.9 Å². The van der Waals surface area contributed by atoms with Crippen LogP contribution in [-0.2, 0) is 13.6 Å². The molecule has 0 amide bonds. The number of halogens is 1. The third-order valence-corrected chi connectivity index (χ3v) is 4.86. The first-order chi connectivity index (χ1) is 14.9. The zero-order chi connectivity index (χ0) is 23.0. The molecule has 2 N–H and O–H groups in total. The fraction of sp³-hybridized carbons (Fsp3) is 0.360. The Kier molecular flexibility index (Phi) is 8.94. The van der Waals surface area contributed by atoms with E-state index in [1.165, 1.54) is 12.5 Å². The number of H-pyrrole nitrogens is 1. The monoisotopic (exact) mass is 423 g/mol. The minimum absolute atomic E-state index is 0.224. The van der Waals surface area contributed by atoms with Crippen LogP contribution in [0.25, 0.3) is 29.0 Å². The molecule has 0 saturated carbocycles. The molecule has 31 heavy (non-hydrogen) atoms. The van der Waals surface area contributed by atoms with E-state index in [4.69, 9.17) is 0 Å². The summed E-state index contributed by atoms with van der Waals surface area (Å²) in [5.74, 6) is -0.224. The Bertz CT molecular complexity index is 1040. The van der Waals surface area contributed by atoms with Crippen molar-refractivity contribution in [3.8, 4) is 11.3 Å². The first kappa shape index (κ1) is 24.3. The molecule has 3 aromatic rings. The molecule has 0 bridgehead atoms. The number of allylic oxidation sites excluding steroid dienone is 1. The molecule has 0 aliphatic heterocycles. The molecule has 0 atom stereocenters. The Morgan fingerprint density at radius 1 is 1.29 bits per heavy atom. The van der Waals surface area contributed by atoms with Crippen molar-refractivity contribution in [1.29, 1.82) is 0 Å². The van der Waals surface area contributed by atoms with Gasteiger partial charge in [0.15, 0.2) is 0 Å². The largest absolute Gasteiger partial charge is 0.313 e. The fourth-order valence-corrected chi connectivity index (χ4v) is 3.38. The zero-order valence-electron chi connectivity index (χ0n) is 19.5. The number of hydrogen-bond donors (Lipinski definition) is 2. The summed E-state index contributed by atoms with van der Waals surface area (Å²) in [6.45, 7) is 15.6.